The lowest BCUT2D eigenvalue weighted by Gasteiger charge is -2.20. The summed E-state index contributed by atoms with van der Waals surface area (Å²) in [5.74, 6) is -0.0324. The molecule has 0 aliphatic heterocycles. The van der Waals surface area contributed by atoms with Gasteiger partial charge in [-0.2, -0.15) is 0 Å². The minimum atomic E-state index is -0.0324. The van der Waals surface area contributed by atoms with Crippen LogP contribution >= 0.6 is 22.7 Å². The number of fused-ring (bicyclic) bond motifs is 1. The SMILES string of the molecule is CCc1ccc2nc(N(CCN(C)C)C(=O)/C=C/c3cccs3)sc2c1.[Cl-]. The van der Waals surface area contributed by atoms with Gasteiger partial charge in [0.25, 0.3) is 5.91 Å². The molecule has 0 aliphatic carbocycles. The molecule has 0 unspecified atom stereocenters. The largest absolute Gasteiger partial charge is 1.00 e. The highest BCUT2D eigenvalue weighted by atomic mass is 35.5. The zero-order valence-electron chi connectivity index (χ0n) is 15.7. The van der Waals surface area contributed by atoms with E-state index in [1.807, 2.05) is 43.8 Å². The number of anilines is 1. The number of carbonyl (C=O) groups is 1. The van der Waals surface area contributed by atoms with Crippen molar-refractivity contribution < 1.29 is 17.2 Å². The molecule has 0 fully saturated rings. The smallest absolute Gasteiger partial charge is 0.252 e. The first-order valence-corrected chi connectivity index (χ1v) is 10.3. The van der Waals surface area contributed by atoms with Gasteiger partial charge in [0.15, 0.2) is 5.13 Å². The van der Waals surface area contributed by atoms with Crippen LogP contribution in [0.25, 0.3) is 16.3 Å². The Hall–Kier alpha value is -1.73. The Bertz CT molecular complexity index is 903. The second kappa shape index (κ2) is 9.99. The number of halogens is 1. The Morgan fingerprint density at radius 2 is 2.04 bits per heavy atom. The predicted octanol–water partition coefficient (Wildman–Crippen LogP) is 1.53. The number of hydrogen-bond donors (Lipinski definition) is 0. The first-order chi connectivity index (χ1) is 12.6. The monoisotopic (exact) mass is 420 g/mol. The standard InChI is InChI=1S/C20H23N3OS2.ClH/c1-4-15-7-9-17-18(14-15)26-20(21-17)23(12-11-22(2)3)19(24)10-8-16-6-5-13-25-16;/h5-10,13-14H,4,11-12H2,1-3H3;1H/p-1/b10-8+;. The lowest BCUT2D eigenvalue weighted by molar-refractivity contribution is -0.114. The number of aryl methyl sites for hydroxylation is 1. The fourth-order valence-corrected chi connectivity index (χ4v) is 4.20. The summed E-state index contributed by atoms with van der Waals surface area (Å²) >= 11 is 3.20. The second-order valence-electron chi connectivity index (χ2n) is 6.29. The van der Waals surface area contributed by atoms with Crippen LogP contribution in [-0.2, 0) is 11.2 Å². The molecule has 0 atom stereocenters. The zero-order valence-corrected chi connectivity index (χ0v) is 18.1. The maximum atomic E-state index is 12.8. The zero-order chi connectivity index (χ0) is 18.5. The van der Waals surface area contributed by atoms with Crippen molar-refractivity contribution in [2.75, 3.05) is 32.1 Å². The molecule has 0 N–H and O–H groups in total. The van der Waals surface area contributed by atoms with Crippen molar-refractivity contribution in [1.29, 1.82) is 0 Å². The van der Waals surface area contributed by atoms with Crippen molar-refractivity contribution in [1.82, 2.24) is 9.88 Å². The average Bonchev–Trinajstić information content (AvgIpc) is 3.28. The van der Waals surface area contributed by atoms with E-state index in [-0.39, 0.29) is 18.3 Å². The van der Waals surface area contributed by atoms with E-state index in [1.54, 1.807) is 33.6 Å². The molecule has 0 bridgehead atoms. The van der Waals surface area contributed by atoms with E-state index in [1.165, 1.54) is 5.56 Å². The van der Waals surface area contributed by atoms with Gasteiger partial charge < -0.3 is 17.3 Å². The number of hydrogen-bond acceptors (Lipinski definition) is 5. The predicted molar refractivity (Wildman–Crippen MR) is 113 cm³/mol. The van der Waals surface area contributed by atoms with Crippen molar-refractivity contribution in [2.45, 2.75) is 13.3 Å². The van der Waals surface area contributed by atoms with Crippen LogP contribution in [0, 0.1) is 0 Å². The lowest BCUT2D eigenvalue weighted by atomic mass is 10.2. The summed E-state index contributed by atoms with van der Waals surface area (Å²) in [6.07, 6.45) is 4.51. The van der Waals surface area contributed by atoms with Crippen molar-refractivity contribution in [2.24, 2.45) is 0 Å². The molecule has 2 heterocycles. The minimum absolute atomic E-state index is 0. The molecule has 0 aliphatic rings. The van der Waals surface area contributed by atoms with Gasteiger partial charge in [0.2, 0.25) is 0 Å². The fourth-order valence-electron chi connectivity index (χ4n) is 2.52. The summed E-state index contributed by atoms with van der Waals surface area (Å²) in [5.41, 5.74) is 2.24. The number of aromatic nitrogens is 1. The van der Waals surface area contributed by atoms with Crippen molar-refractivity contribution in [3.05, 3.63) is 52.2 Å². The molecular weight excluding hydrogens is 398 g/mol. The third-order valence-electron chi connectivity index (χ3n) is 4.05. The molecule has 0 radical (unpaired) electrons. The summed E-state index contributed by atoms with van der Waals surface area (Å²) in [6, 6.07) is 10.3. The molecule has 1 amide bonds. The highest BCUT2D eigenvalue weighted by Gasteiger charge is 2.18. The van der Waals surface area contributed by atoms with Crippen LogP contribution in [-0.4, -0.2) is 43.0 Å². The van der Waals surface area contributed by atoms with Gasteiger partial charge in [-0.3, -0.25) is 9.69 Å². The average molecular weight is 421 g/mol. The Kier molecular flexibility index (Phi) is 7.98. The quantitative estimate of drug-likeness (QED) is 0.544. The Labute approximate surface area is 174 Å². The molecule has 0 saturated heterocycles. The van der Waals surface area contributed by atoms with E-state index in [4.69, 9.17) is 4.98 Å². The maximum Gasteiger partial charge on any atom is 0.252 e. The van der Waals surface area contributed by atoms with Crippen LogP contribution in [0.5, 0.6) is 0 Å². The first-order valence-electron chi connectivity index (χ1n) is 8.64. The summed E-state index contributed by atoms with van der Waals surface area (Å²) in [4.78, 5) is 22.5. The van der Waals surface area contributed by atoms with Crippen LogP contribution in [0.4, 0.5) is 5.13 Å². The van der Waals surface area contributed by atoms with Crippen LogP contribution in [0.1, 0.15) is 17.4 Å². The molecule has 3 aromatic rings. The molecule has 3 rings (SSSR count). The summed E-state index contributed by atoms with van der Waals surface area (Å²) in [5, 5.41) is 2.77. The van der Waals surface area contributed by atoms with Gasteiger partial charge in [-0.25, -0.2) is 4.98 Å². The number of thiazole rings is 1. The summed E-state index contributed by atoms with van der Waals surface area (Å²) < 4.78 is 1.13. The molecular formula is C20H23ClN3OS2-. The van der Waals surface area contributed by atoms with Crippen molar-refractivity contribution in [3.8, 4) is 0 Å². The number of nitrogens with zero attached hydrogens (tertiary/aromatic N) is 3. The number of thiophene rings is 1. The van der Waals surface area contributed by atoms with Crippen LogP contribution in [0.2, 0.25) is 0 Å². The molecule has 2 aromatic heterocycles. The van der Waals surface area contributed by atoms with Crippen LogP contribution in [0.15, 0.2) is 41.8 Å². The van der Waals surface area contributed by atoms with E-state index < -0.39 is 0 Å². The van der Waals surface area contributed by atoms with Gasteiger partial charge >= 0.3 is 0 Å². The van der Waals surface area contributed by atoms with Crippen molar-refractivity contribution in [3.63, 3.8) is 0 Å². The maximum absolute atomic E-state index is 12.8. The number of amides is 1. The van der Waals surface area contributed by atoms with Crippen molar-refractivity contribution >= 4 is 50.0 Å². The molecule has 1 aromatic carbocycles. The van der Waals surface area contributed by atoms with E-state index in [2.05, 4.69) is 24.0 Å². The normalized spacial score (nSPS) is 11.3. The molecule has 0 saturated carbocycles. The molecule has 144 valence electrons. The Balaban J connectivity index is 0.00000261. The van der Waals surface area contributed by atoms with E-state index >= 15 is 0 Å². The molecule has 27 heavy (non-hydrogen) atoms. The number of benzene rings is 1. The number of rotatable bonds is 7. The number of carbonyl (C=O) groups excluding carboxylic acids is 1. The van der Waals surface area contributed by atoms with Crippen LogP contribution in [0.3, 0.4) is 0 Å². The van der Waals surface area contributed by atoms with Gasteiger partial charge in [0.05, 0.1) is 10.2 Å². The highest BCUT2D eigenvalue weighted by molar-refractivity contribution is 7.22. The Morgan fingerprint density at radius 3 is 2.70 bits per heavy atom. The van der Waals surface area contributed by atoms with Crippen LogP contribution < -0.4 is 17.3 Å². The minimum Gasteiger partial charge on any atom is -1.00 e. The molecule has 0 spiro atoms. The fraction of sp³-hybridized carbons (Fsp3) is 0.300. The van der Waals surface area contributed by atoms with Gasteiger partial charge in [-0.15, -0.1) is 11.3 Å². The van der Waals surface area contributed by atoms with Gasteiger partial charge in [0, 0.05) is 24.0 Å². The molecule has 4 nitrogen and oxygen atoms in total. The number of likely N-dealkylation sites (N-methyl/N-ethyl adjacent to an activating group) is 1. The first kappa shape index (κ1) is 21.6. The second-order valence-corrected chi connectivity index (χ2v) is 8.28. The van der Waals surface area contributed by atoms with Gasteiger partial charge in [-0.1, -0.05) is 30.4 Å². The third-order valence-corrected chi connectivity index (χ3v) is 5.93. The van der Waals surface area contributed by atoms with E-state index in [0.29, 0.717) is 6.54 Å². The van der Waals surface area contributed by atoms with E-state index in [0.717, 1.165) is 33.2 Å². The summed E-state index contributed by atoms with van der Waals surface area (Å²) in [7, 11) is 4.02. The molecule has 7 heteroatoms. The van der Waals surface area contributed by atoms with Gasteiger partial charge in [0.1, 0.15) is 0 Å². The van der Waals surface area contributed by atoms with E-state index in [9.17, 15) is 4.79 Å². The topological polar surface area (TPSA) is 36.4 Å². The van der Waals surface area contributed by atoms with Gasteiger partial charge in [-0.05, 0) is 55.7 Å². The third kappa shape index (κ3) is 5.62. The highest BCUT2D eigenvalue weighted by Crippen LogP contribution is 2.30. The summed E-state index contributed by atoms with van der Waals surface area (Å²) in [6.45, 7) is 3.54. The Morgan fingerprint density at radius 1 is 1.22 bits per heavy atom. The lowest BCUT2D eigenvalue weighted by Crippen LogP contribution is -3.00.